The molecular formula is C16H24O3. The van der Waals surface area contributed by atoms with Crippen LogP contribution in [0.25, 0.3) is 0 Å². The van der Waals surface area contributed by atoms with Crippen molar-refractivity contribution in [3.63, 3.8) is 0 Å². The zero-order chi connectivity index (χ0) is 14.1. The number of ether oxygens (including phenoxy) is 1. The minimum absolute atomic E-state index is 0.231. The van der Waals surface area contributed by atoms with Crippen molar-refractivity contribution >= 4 is 5.97 Å². The molecule has 1 N–H and O–H groups in total. The zero-order valence-corrected chi connectivity index (χ0v) is 11.9. The van der Waals surface area contributed by atoms with Crippen LogP contribution < -0.4 is 4.74 Å². The van der Waals surface area contributed by atoms with Gasteiger partial charge in [0.15, 0.2) is 0 Å². The summed E-state index contributed by atoms with van der Waals surface area (Å²) in [5.41, 5.74) is 1.38. The Hall–Kier alpha value is -1.51. The summed E-state index contributed by atoms with van der Waals surface area (Å²) in [6.45, 7) is 2.22. The molecule has 3 heteroatoms. The quantitative estimate of drug-likeness (QED) is 0.676. The van der Waals surface area contributed by atoms with Gasteiger partial charge in [0.2, 0.25) is 0 Å². The third-order valence-corrected chi connectivity index (χ3v) is 3.32. The summed E-state index contributed by atoms with van der Waals surface area (Å²) in [5.74, 6) is -0.487. The van der Waals surface area contributed by atoms with Crippen molar-refractivity contribution < 1.29 is 14.6 Å². The van der Waals surface area contributed by atoms with Crippen LogP contribution in [0.2, 0.25) is 0 Å². The van der Waals surface area contributed by atoms with Crippen LogP contribution in [0.3, 0.4) is 0 Å². The number of carbonyl (C=O) groups is 1. The normalized spacial score (nSPS) is 10.4. The second kappa shape index (κ2) is 8.57. The summed E-state index contributed by atoms with van der Waals surface area (Å²) in [4.78, 5) is 11.0. The van der Waals surface area contributed by atoms with E-state index in [1.54, 1.807) is 6.07 Å². The highest BCUT2D eigenvalue weighted by Gasteiger charge is 2.10. The molecule has 0 atom stereocenters. The number of rotatable bonds is 9. The number of aromatic carboxylic acids is 1. The second-order valence-corrected chi connectivity index (χ2v) is 4.86. The summed E-state index contributed by atoms with van der Waals surface area (Å²) < 4.78 is 5.13. The molecule has 0 aliphatic rings. The molecule has 0 radical (unpaired) electrons. The first-order valence-corrected chi connectivity index (χ1v) is 7.09. The third-order valence-electron chi connectivity index (χ3n) is 3.32. The molecule has 106 valence electrons. The number of carboxylic acid groups (broad SMARTS) is 1. The van der Waals surface area contributed by atoms with E-state index >= 15 is 0 Å². The van der Waals surface area contributed by atoms with Crippen LogP contribution in [-0.2, 0) is 6.42 Å². The topological polar surface area (TPSA) is 46.5 Å². The lowest BCUT2D eigenvalue weighted by molar-refractivity contribution is 0.0693. The van der Waals surface area contributed by atoms with E-state index in [0.29, 0.717) is 5.75 Å². The number of benzene rings is 1. The molecule has 0 amide bonds. The van der Waals surface area contributed by atoms with E-state index in [0.717, 1.165) is 18.4 Å². The number of methoxy groups -OCH3 is 1. The maximum absolute atomic E-state index is 11.0. The van der Waals surface area contributed by atoms with Gasteiger partial charge in [0.1, 0.15) is 11.3 Å². The highest BCUT2D eigenvalue weighted by Crippen LogP contribution is 2.21. The van der Waals surface area contributed by atoms with Gasteiger partial charge < -0.3 is 9.84 Å². The first kappa shape index (κ1) is 15.5. The first-order chi connectivity index (χ1) is 9.19. The lowest BCUT2D eigenvalue weighted by atomic mass is 10.0. The molecule has 3 nitrogen and oxygen atoms in total. The van der Waals surface area contributed by atoms with Gasteiger partial charge in [-0.3, -0.25) is 0 Å². The average molecular weight is 264 g/mol. The Morgan fingerprint density at radius 1 is 1.16 bits per heavy atom. The molecule has 0 aromatic heterocycles. The number of aryl methyl sites for hydroxylation is 1. The Bertz CT molecular complexity index is 399. The molecule has 19 heavy (non-hydrogen) atoms. The minimum atomic E-state index is -0.942. The third kappa shape index (κ3) is 5.33. The van der Waals surface area contributed by atoms with Gasteiger partial charge in [-0.05, 0) is 30.5 Å². The van der Waals surface area contributed by atoms with E-state index in [2.05, 4.69) is 6.92 Å². The zero-order valence-electron chi connectivity index (χ0n) is 11.9. The van der Waals surface area contributed by atoms with Crippen LogP contribution in [-0.4, -0.2) is 18.2 Å². The number of hydrogen-bond donors (Lipinski definition) is 1. The highest BCUT2D eigenvalue weighted by molar-refractivity contribution is 5.90. The van der Waals surface area contributed by atoms with Crippen molar-refractivity contribution in [2.75, 3.05) is 7.11 Å². The van der Waals surface area contributed by atoms with E-state index in [4.69, 9.17) is 9.84 Å². The Morgan fingerprint density at radius 2 is 1.84 bits per heavy atom. The summed E-state index contributed by atoms with van der Waals surface area (Å²) in [7, 11) is 1.51. The summed E-state index contributed by atoms with van der Waals surface area (Å²) in [6.07, 6.45) is 8.58. The number of unbranched alkanes of at least 4 members (excludes halogenated alkanes) is 5. The van der Waals surface area contributed by atoms with Crippen molar-refractivity contribution in [1.82, 2.24) is 0 Å². The monoisotopic (exact) mass is 264 g/mol. The number of hydrogen-bond acceptors (Lipinski definition) is 2. The second-order valence-electron chi connectivity index (χ2n) is 4.86. The van der Waals surface area contributed by atoms with Crippen LogP contribution in [0.15, 0.2) is 18.2 Å². The Morgan fingerprint density at radius 3 is 2.47 bits per heavy atom. The molecule has 0 aliphatic heterocycles. The van der Waals surface area contributed by atoms with Gasteiger partial charge in [0.25, 0.3) is 0 Å². The molecule has 0 spiro atoms. The lowest BCUT2D eigenvalue weighted by Gasteiger charge is -2.08. The van der Waals surface area contributed by atoms with E-state index < -0.39 is 5.97 Å². The van der Waals surface area contributed by atoms with Crippen LogP contribution in [0, 0.1) is 0 Å². The van der Waals surface area contributed by atoms with E-state index in [-0.39, 0.29) is 5.56 Å². The van der Waals surface area contributed by atoms with E-state index in [9.17, 15) is 4.79 Å². The molecule has 0 heterocycles. The van der Waals surface area contributed by atoms with Gasteiger partial charge in [0, 0.05) is 0 Å². The van der Waals surface area contributed by atoms with Crippen LogP contribution in [0.4, 0.5) is 0 Å². The van der Waals surface area contributed by atoms with E-state index in [1.165, 1.54) is 39.2 Å². The molecule has 0 fully saturated rings. The van der Waals surface area contributed by atoms with Gasteiger partial charge >= 0.3 is 5.97 Å². The summed E-state index contributed by atoms with van der Waals surface area (Å²) in [5, 5.41) is 9.00. The van der Waals surface area contributed by atoms with Crippen molar-refractivity contribution in [3.05, 3.63) is 29.3 Å². The summed E-state index contributed by atoms with van der Waals surface area (Å²) in [6, 6.07) is 5.36. The Kier molecular flexibility index (Phi) is 7.01. The molecule has 0 aliphatic carbocycles. The Labute approximate surface area is 115 Å². The van der Waals surface area contributed by atoms with Gasteiger partial charge in [0.05, 0.1) is 7.11 Å². The van der Waals surface area contributed by atoms with Crippen LogP contribution in [0.1, 0.15) is 61.4 Å². The highest BCUT2D eigenvalue weighted by atomic mass is 16.5. The maximum Gasteiger partial charge on any atom is 0.339 e. The molecule has 1 aromatic carbocycles. The fraction of sp³-hybridized carbons (Fsp3) is 0.562. The molecule has 1 rings (SSSR count). The maximum atomic E-state index is 11.0. The molecule has 1 aromatic rings. The Balaban J connectivity index is 2.44. The smallest absolute Gasteiger partial charge is 0.339 e. The van der Waals surface area contributed by atoms with Gasteiger partial charge in [-0.25, -0.2) is 4.79 Å². The largest absolute Gasteiger partial charge is 0.496 e. The average Bonchev–Trinajstić information content (AvgIpc) is 2.42. The number of carboxylic acids is 1. The van der Waals surface area contributed by atoms with Gasteiger partial charge in [-0.15, -0.1) is 0 Å². The minimum Gasteiger partial charge on any atom is -0.496 e. The van der Waals surface area contributed by atoms with Gasteiger partial charge in [-0.2, -0.15) is 0 Å². The van der Waals surface area contributed by atoms with Crippen molar-refractivity contribution in [2.45, 2.75) is 51.9 Å². The fourth-order valence-electron chi connectivity index (χ4n) is 2.18. The fourth-order valence-corrected chi connectivity index (χ4v) is 2.18. The van der Waals surface area contributed by atoms with Crippen LogP contribution in [0.5, 0.6) is 5.75 Å². The van der Waals surface area contributed by atoms with Crippen molar-refractivity contribution in [2.24, 2.45) is 0 Å². The first-order valence-electron chi connectivity index (χ1n) is 7.09. The SMILES string of the molecule is CCCCCCCCc1ccc(C(=O)O)c(OC)c1. The molecular weight excluding hydrogens is 240 g/mol. The molecule has 0 unspecified atom stereocenters. The van der Waals surface area contributed by atoms with Crippen molar-refractivity contribution in [1.29, 1.82) is 0 Å². The lowest BCUT2D eigenvalue weighted by Crippen LogP contribution is -2.01. The van der Waals surface area contributed by atoms with E-state index in [1.807, 2.05) is 12.1 Å². The predicted octanol–water partition coefficient (Wildman–Crippen LogP) is 4.30. The van der Waals surface area contributed by atoms with Crippen LogP contribution >= 0.6 is 0 Å². The molecule has 0 saturated carbocycles. The molecule has 0 bridgehead atoms. The van der Waals surface area contributed by atoms with Crippen molar-refractivity contribution in [3.8, 4) is 5.75 Å². The molecule has 0 saturated heterocycles. The summed E-state index contributed by atoms with van der Waals surface area (Å²) >= 11 is 0. The standard InChI is InChI=1S/C16H24O3/c1-3-4-5-6-7-8-9-13-10-11-14(16(17)18)15(12-13)19-2/h10-12H,3-9H2,1-2H3,(H,17,18). The predicted molar refractivity (Wildman–Crippen MR) is 77.0 cm³/mol. The van der Waals surface area contributed by atoms with Gasteiger partial charge in [-0.1, -0.05) is 45.1 Å².